The topological polar surface area (TPSA) is 142 Å². The molecule has 64 heavy (non-hydrogen) atoms. The number of esters is 4. The van der Waals surface area contributed by atoms with Crippen LogP contribution in [0, 0.1) is 19.8 Å². The Morgan fingerprint density at radius 2 is 0.922 bits per heavy atom. The van der Waals surface area contributed by atoms with Gasteiger partial charge in [0, 0.05) is 36.7 Å². The predicted molar refractivity (Wildman–Crippen MR) is 258 cm³/mol. The van der Waals surface area contributed by atoms with Crippen molar-refractivity contribution < 1.29 is 48.0 Å². The number of carbonyl (C=O) groups excluding carboxylic acids is 4. The third-order valence-corrected chi connectivity index (χ3v) is 12.1. The summed E-state index contributed by atoms with van der Waals surface area (Å²) in [6, 6.07) is 3.66. The number of benzene rings is 1. The van der Waals surface area contributed by atoms with E-state index in [4.69, 9.17) is 18.9 Å². The SMILES string of the molecule is CCCCCCCCCCCCCCCC(=O)OCC(COC(=O)CCCCCCCCCCCCCCC)OC(=O)CC(C)CC(=O)Oc1cc(C)cc(C)c1C(C)(C)CC(=O)O. The number of rotatable bonds is 41. The molecule has 0 heterocycles. The molecule has 0 aliphatic rings. The minimum Gasteiger partial charge on any atom is -0.481 e. The van der Waals surface area contributed by atoms with Crippen LogP contribution in [0.25, 0.3) is 0 Å². The van der Waals surface area contributed by atoms with Gasteiger partial charge in [0.15, 0.2) is 6.10 Å². The molecule has 10 heteroatoms. The molecule has 0 saturated heterocycles. The van der Waals surface area contributed by atoms with Crippen molar-refractivity contribution in [1.82, 2.24) is 0 Å². The Kier molecular flexibility index (Phi) is 33.6. The normalized spacial score (nSPS) is 12.0. The van der Waals surface area contributed by atoms with Gasteiger partial charge in [-0.15, -0.1) is 0 Å². The zero-order valence-corrected chi connectivity index (χ0v) is 41.8. The molecule has 0 bridgehead atoms. The summed E-state index contributed by atoms with van der Waals surface area (Å²) in [5.41, 5.74) is 1.55. The number of carbonyl (C=O) groups is 5. The van der Waals surface area contributed by atoms with Crippen molar-refractivity contribution in [2.45, 2.75) is 259 Å². The predicted octanol–water partition coefficient (Wildman–Crippen LogP) is 14.3. The van der Waals surface area contributed by atoms with Crippen molar-refractivity contribution in [1.29, 1.82) is 0 Å². The van der Waals surface area contributed by atoms with Gasteiger partial charge in [-0.1, -0.05) is 195 Å². The van der Waals surface area contributed by atoms with E-state index in [0.29, 0.717) is 11.3 Å². The van der Waals surface area contributed by atoms with E-state index < -0.39 is 35.3 Å². The molecule has 1 N–H and O–H groups in total. The highest BCUT2D eigenvalue weighted by atomic mass is 16.6. The van der Waals surface area contributed by atoms with Gasteiger partial charge in [-0.2, -0.15) is 0 Å². The van der Waals surface area contributed by atoms with Crippen LogP contribution in [0.15, 0.2) is 12.1 Å². The summed E-state index contributed by atoms with van der Waals surface area (Å²) in [5, 5.41) is 9.53. The number of ether oxygens (including phenoxy) is 4. The third kappa shape index (κ3) is 30.7. The average Bonchev–Trinajstić information content (AvgIpc) is 3.21. The van der Waals surface area contributed by atoms with Crippen molar-refractivity contribution in [2.75, 3.05) is 13.2 Å². The van der Waals surface area contributed by atoms with Crippen LogP contribution in [0.2, 0.25) is 0 Å². The Morgan fingerprint density at radius 3 is 1.31 bits per heavy atom. The maximum atomic E-state index is 13.2. The molecule has 1 aromatic rings. The van der Waals surface area contributed by atoms with Crippen molar-refractivity contribution >= 4 is 29.8 Å². The van der Waals surface area contributed by atoms with Crippen molar-refractivity contribution in [3.8, 4) is 5.75 Å². The molecule has 1 unspecified atom stereocenters. The van der Waals surface area contributed by atoms with Gasteiger partial charge in [0.1, 0.15) is 19.0 Å². The summed E-state index contributed by atoms with van der Waals surface area (Å²) in [6.07, 6.45) is 30.6. The van der Waals surface area contributed by atoms with E-state index >= 15 is 0 Å². The van der Waals surface area contributed by atoms with Crippen LogP contribution in [-0.4, -0.2) is 54.3 Å². The molecule has 1 aromatic carbocycles. The highest BCUT2D eigenvalue weighted by Gasteiger charge is 2.31. The van der Waals surface area contributed by atoms with Gasteiger partial charge in [-0.05, 0) is 49.8 Å². The molecule has 0 aliphatic carbocycles. The van der Waals surface area contributed by atoms with E-state index in [1.54, 1.807) is 26.8 Å². The maximum absolute atomic E-state index is 13.2. The van der Waals surface area contributed by atoms with Gasteiger partial charge in [0.05, 0.1) is 6.42 Å². The lowest BCUT2D eigenvalue weighted by Gasteiger charge is -2.28. The molecule has 368 valence electrons. The summed E-state index contributed by atoms with van der Waals surface area (Å²) in [6.45, 7) is 13.1. The molecule has 0 aliphatic heterocycles. The lowest BCUT2D eigenvalue weighted by atomic mass is 9.78. The summed E-state index contributed by atoms with van der Waals surface area (Å²) in [7, 11) is 0. The first kappa shape index (κ1) is 58.6. The quantitative estimate of drug-likeness (QED) is 0.0292. The number of aryl methyl sites for hydroxylation is 2. The molecular formula is C54H92O10. The van der Waals surface area contributed by atoms with Crippen LogP contribution in [0.3, 0.4) is 0 Å². The van der Waals surface area contributed by atoms with Crippen LogP contribution in [0.1, 0.15) is 250 Å². The fourth-order valence-electron chi connectivity index (χ4n) is 8.59. The standard InChI is InChI=1S/C54H92O10/c1-8-10-12-14-16-18-20-22-24-26-28-30-32-34-49(57)61-41-46(42-62-50(58)35-33-31-29-27-25-23-21-19-17-15-13-11-9-2)63-51(59)38-44(4)39-52(60)64-47-37-43(3)36-45(5)53(47)54(6,7)40-48(55)56/h36-37,44,46H,8-35,38-42H2,1-7H3,(H,55,56). The first-order chi connectivity index (χ1) is 30.7. The largest absolute Gasteiger partial charge is 0.481 e. The summed E-state index contributed by atoms with van der Waals surface area (Å²) >= 11 is 0. The number of carboxylic acids is 1. The Labute approximate surface area is 389 Å². The second-order valence-corrected chi connectivity index (χ2v) is 19.4. The van der Waals surface area contributed by atoms with Gasteiger partial charge in [0.25, 0.3) is 0 Å². The molecule has 1 rings (SSSR count). The third-order valence-electron chi connectivity index (χ3n) is 12.1. The Hall–Kier alpha value is -3.43. The molecule has 0 spiro atoms. The monoisotopic (exact) mass is 901 g/mol. The van der Waals surface area contributed by atoms with Crippen LogP contribution in [0.5, 0.6) is 5.75 Å². The van der Waals surface area contributed by atoms with Crippen LogP contribution >= 0.6 is 0 Å². The van der Waals surface area contributed by atoms with E-state index in [-0.39, 0.29) is 57.3 Å². The molecule has 0 fully saturated rings. The lowest BCUT2D eigenvalue weighted by Crippen LogP contribution is -2.31. The van der Waals surface area contributed by atoms with Crippen LogP contribution in [-0.2, 0) is 43.6 Å². The van der Waals surface area contributed by atoms with E-state index in [2.05, 4.69) is 13.8 Å². The minimum atomic E-state index is -0.980. The first-order valence-corrected chi connectivity index (χ1v) is 25.7. The Bertz CT molecular complexity index is 1390. The zero-order chi connectivity index (χ0) is 47.4. The highest BCUT2D eigenvalue weighted by Crippen LogP contribution is 2.38. The Balaban J connectivity index is 2.63. The second-order valence-electron chi connectivity index (χ2n) is 19.4. The molecule has 0 aromatic heterocycles. The number of aliphatic carboxylic acids is 1. The number of carboxylic acid groups (broad SMARTS) is 1. The van der Waals surface area contributed by atoms with Gasteiger partial charge in [0.2, 0.25) is 0 Å². The summed E-state index contributed by atoms with van der Waals surface area (Å²) in [4.78, 5) is 63.4. The fraction of sp³-hybridized carbons (Fsp3) is 0.796. The smallest absolute Gasteiger partial charge is 0.311 e. The minimum absolute atomic E-state index is 0.0895. The van der Waals surface area contributed by atoms with Crippen LogP contribution in [0.4, 0.5) is 0 Å². The Morgan fingerprint density at radius 1 is 0.547 bits per heavy atom. The zero-order valence-electron chi connectivity index (χ0n) is 41.8. The maximum Gasteiger partial charge on any atom is 0.311 e. The first-order valence-electron chi connectivity index (χ1n) is 25.7. The average molecular weight is 901 g/mol. The van der Waals surface area contributed by atoms with Crippen molar-refractivity contribution in [3.05, 3.63) is 28.8 Å². The van der Waals surface area contributed by atoms with Crippen molar-refractivity contribution in [3.63, 3.8) is 0 Å². The lowest BCUT2D eigenvalue weighted by molar-refractivity contribution is -0.167. The molecule has 0 radical (unpaired) electrons. The number of unbranched alkanes of at least 4 members (excludes halogenated alkanes) is 24. The van der Waals surface area contributed by atoms with Gasteiger partial charge < -0.3 is 24.1 Å². The molecule has 0 amide bonds. The van der Waals surface area contributed by atoms with Crippen LogP contribution < -0.4 is 4.74 Å². The van der Waals surface area contributed by atoms with E-state index in [0.717, 1.165) is 49.7 Å². The summed E-state index contributed by atoms with van der Waals surface area (Å²) < 4.78 is 22.6. The van der Waals surface area contributed by atoms with Gasteiger partial charge in [-0.25, -0.2) is 0 Å². The molecule has 0 saturated carbocycles. The molecular weight excluding hydrogens is 809 g/mol. The number of hydrogen-bond donors (Lipinski definition) is 1. The van der Waals surface area contributed by atoms with E-state index in [9.17, 15) is 29.1 Å². The second kappa shape index (κ2) is 36.7. The molecule has 10 nitrogen and oxygen atoms in total. The van der Waals surface area contributed by atoms with Gasteiger partial charge in [-0.3, -0.25) is 24.0 Å². The number of hydrogen-bond acceptors (Lipinski definition) is 9. The van der Waals surface area contributed by atoms with Gasteiger partial charge >= 0.3 is 29.8 Å². The van der Waals surface area contributed by atoms with Crippen molar-refractivity contribution in [2.24, 2.45) is 5.92 Å². The fourth-order valence-corrected chi connectivity index (χ4v) is 8.59. The van der Waals surface area contributed by atoms with E-state index in [1.807, 2.05) is 19.9 Å². The highest BCUT2D eigenvalue weighted by molar-refractivity contribution is 5.76. The summed E-state index contributed by atoms with van der Waals surface area (Å²) in [5.74, 6) is -3.03. The van der Waals surface area contributed by atoms with E-state index in [1.165, 1.54) is 128 Å². The molecule has 1 atom stereocenters.